The second kappa shape index (κ2) is 66.5. The first kappa shape index (κ1) is 87.5. The fourth-order valence-electron chi connectivity index (χ4n) is 9.33. The molecule has 0 heterocycles. The van der Waals surface area contributed by atoms with E-state index in [1.165, 1.54) is 83.5 Å². The van der Waals surface area contributed by atoms with E-state index < -0.39 is 91.5 Å². The van der Waals surface area contributed by atoms with Crippen LogP contribution in [0.3, 0.4) is 0 Å². The number of esters is 3. The van der Waals surface area contributed by atoms with Crippen molar-refractivity contribution in [3.8, 4) is 0 Å². The summed E-state index contributed by atoms with van der Waals surface area (Å²) in [6, 6.07) is 0. The van der Waals surface area contributed by atoms with Crippen molar-refractivity contribution < 1.29 is 75.8 Å². The van der Waals surface area contributed by atoms with Gasteiger partial charge in [-0.25, -0.2) is 9.13 Å². The predicted molar refractivity (Wildman–Crippen MR) is 371 cm³/mol. The lowest BCUT2D eigenvalue weighted by molar-refractivity contribution is -0.161. The highest BCUT2D eigenvalue weighted by Gasteiger charge is 2.29. The van der Waals surface area contributed by atoms with Gasteiger partial charge in [0.1, 0.15) is 25.4 Å². The number of ether oxygens (including phenoxy) is 3. The average molecular weight is 1320 g/mol. The van der Waals surface area contributed by atoms with Gasteiger partial charge in [0.05, 0.1) is 26.4 Å². The largest absolute Gasteiger partial charge is 0.472 e. The SMILES string of the molecule is CC/C=C\C/C=C\C/C=C\C/C=C\C/C=C\C/C=C\CCCCCCCCCCC(=O)OCC(O)COP(=O)(O)OCC(O)COP(=O)(O)OCC(COC(=O)CCCCCCC/C=C\CCCCCCCC)OC(=O)CCCCCCC/C=C\CCCCCC. The Morgan fingerprint density at radius 2 is 0.582 bits per heavy atom. The molecule has 0 bridgehead atoms. The highest BCUT2D eigenvalue weighted by atomic mass is 31.2. The van der Waals surface area contributed by atoms with Crippen LogP contribution in [0.4, 0.5) is 0 Å². The number of rotatable bonds is 67. The Labute approximate surface area is 552 Å². The Bertz CT molecular complexity index is 2050. The standard InChI is InChI=1S/C73H128O16P2/c1-4-7-10-13-16-19-22-25-27-28-29-30-31-32-33-34-35-36-37-38-40-43-44-47-50-53-56-59-71(76)83-62-68(74)63-85-90(79,80)86-64-69(75)65-87-91(81,82)88-67-70(89-73(78)61-58-55-52-49-46-41-24-21-18-15-12-9-6-3)66-84-72(77)60-57-54-51-48-45-42-39-26-23-20-17-14-11-8-5-2/h7,10,16,19,21,24-27,29-30,32-33,35-36,39,68-70,74-75H,4-6,8-9,11-15,17-18,20,22-23,28,31,34,37-38,40-67H2,1-3H3,(H,79,80)(H,81,82)/b10-7-,19-16-,24-21-,27-25-,30-29-,33-32-,36-35-,39-26-. The molecule has 0 rings (SSSR count). The first-order valence-corrected chi connectivity index (χ1v) is 38.5. The second-order valence-corrected chi connectivity index (χ2v) is 26.6. The van der Waals surface area contributed by atoms with Gasteiger partial charge in [0.25, 0.3) is 0 Å². The molecule has 4 N–H and O–H groups in total. The number of carbonyl (C=O) groups is 3. The fourth-order valence-corrected chi connectivity index (χ4v) is 10.9. The van der Waals surface area contributed by atoms with Crippen molar-refractivity contribution in [3.63, 3.8) is 0 Å². The Morgan fingerprint density at radius 1 is 0.319 bits per heavy atom. The molecule has 0 amide bonds. The molecule has 0 saturated carbocycles. The molecule has 0 aromatic heterocycles. The van der Waals surface area contributed by atoms with Crippen LogP contribution < -0.4 is 0 Å². The van der Waals surface area contributed by atoms with E-state index in [2.05, 4.69) is 118 Å². The Kier molecular flexibility index (Phi) is 63.9. The van der Waals surface area contributed by atoms with Crippen molar-refractivity contribution in [2.24, 2.45) is 0 Å². The Balaban J connectivity index is 4.51. The third kappa shape index (κ3) is 67.7. The van der Waals surface area contributed by atoms with Gasteiger partial charge in [-0.3, -0.25) is 32.5 Å². The van der Waals surface area contributed by atoms with E-state index in [-0.39, 0.29) is 19.3 Å². The molecule has 0 aromatic rings. The number of aliphatic hydroxyl groups is 2. The summed E-state index contributed by atoms with van der Waals surface area (Å²) >= 11 is 0. The average Bonchev–Trinajstić information content (AvgIpc) is 3.70. The first-order valence-electron chi connectivity index (χ1n) is 35.5. The number of aliphatic hydroxyl groups excluding tert-OH is 2. The van der Waals surface area contributed by atoms with Crippen LogP contribution in [0, 0.1) is 0 Å². The van der Waals surface area contributed by atoms with Gasteiger partial charge in [0.15, 0.2) is 6.10 Å². The molecular weight excluding hydrogens is 1190 g/mol. The normalized spacial score (nSPS) is 14.8. The van der Waals surface area contributed by atoms with Crippen molar-refractivity contribution >= 4 is 33.6 Å². The minimum absolute atomic E-state index is 0.0939. The van der Waals surface area contributed by atoms with E-state index in [9.17, 15) is 43.5 Å². The number of allylic oxidation sites excluding steroid dienone is 16. The molecule has 0 aliphatic heterocycles. The highest BCUT2D eigenvalue weighted by Crippen LogP contribution is 2.45. The van der Waals surface area contributed by atoms with E-state index in [4.69, 9.17) is 32.3 Å². The smallest absolute Gasteiger partial charge is 0.463 e. The maximum absolute atomic E-state index is 12.9. The zero-order valence-electron chi connectivity index (χ0n) is 57.0. The maximum Gasteiger partial charge on any atom is 0.472 e. The van der Waals surface area contributed by atoms with Gasteiger partial charge in [0.2, 0.25) is 0 Å². The molecule has 0 fully saturated rings. The van der Waals surface area contributed by atoms with E-state index in [1.54, 1.807) is 0 Å². The van der Waals surface area contributed by atoms with Crippen LogP contribution in [0.15, 0.2) is 97.2 Å². The van der Waals surface area contributed by atoms with Crippen molar-refractivity contribution in [2.75, 3.05) is 39.6 Å². The molecule has 0 spiro atoms. The molecule has 91 heavy (non-hydrogen) atoms. The zero-order chi connectivity index (χ0) is 66.7. The predicted octanol–water partition coefficient (Wildman–Crippen LogP) is 19.9. The van der Waals surface area contributed by atoms with Gasteiger partial charge in [-0.15, -0.1) is 0 Å². The topological polar surface area (TPSA) is 231 Å². The molecule has 5 atom stereocenters. The van der Waals surface area contributed by atoms with Crippen LogP contribution in [0.25, 0.3) is 0 Å². The summed E-state index contributed by atoms with van der Waals surface area (Å²) < 4.78 is 60.9. The molecule has 5 unspecified atom stereocenters. The van der Waals surface area contributed by atoms with Gasteiger partial charge in [-0.1, -0.05) is 246 Å². The molecular formula is C73H128O16P2. The van der Waals surface area contributed by atoms with Gasteiger partial charge >= 0.3 is 33.6 Å². The van der Waals surface area contributed by atoms with Crippen molar-refractivity contribution in [1.82, 2.24) is 0 Å². The summed E-state index contributed by atoms with van der Waals surface area (Å²) in [6.45, 7) is 2.51. The summed E-state index contributed by atoms with van der Waals surface area (Å²) in [5.74, 6) is -1.60. The Morgan fingerprint density at radius 3 is 0.945 bits per heavy atom. The molecule has 0 saturated heterocycles. The van der Waals surface area contributed by atoms with Crippen molar-refractivity contribution in [3.05, 3.63) is 97.2 Å². The van der Waals surface area contributed by atoms with Gasteiger partial charge in [-0.05, 0) is 122 Å². The number of carbonyl (C=O) groups excluding carboxylic acids is 3. The van der Waals surface area contributed by atoms with E-state index >= 15 is 0 Å². The maximum atomic E-state index is 12.9. The highest BCUT2D eigenvalue weighted by molar-refractivity contribution is 7.47. The summed E-state index contributed by atoms with van der Waals surface area (Å²) in [5, 5.41) is 20.6. The lowest BCUT2D eigenvalue weighted by Gasteiger charge is -2.21. The van der Waals surface area contributed by atoms with Crippen LogP contribution in [0.2, 0.25) is 0 Å². The molecule has 18 heteroatoms. The lowest BCUT2D eigenvalue weighted by Crippen LogP contribution is -2.30. The number of unbranched alkanes of at least 4 members (excludes halogenated alkanes) is 28. The van der Waals surface area contributed by atoms with Crippen molar-refractivity contribution in [1.29, 1.82) is 0 Å². The van der Waals surface area contributed by atoms with E-state index in [0.29, 0.717) is 19.3 Å². The number of phosphoric acid groups is 2. The van der Waals surface area contributed by atoms with Crippen LogP contribution >= 0.6 is 15.6 Å². The molecule has 0 aliphatic rings. The minimum Gasteiger partial charge on any atom is -0.463 e. The molecule has 0 aliphatic carbocycles. The minimum atomic E-state index is -4.92. The number of phosphoric ester groups is 2. The molecule has 0 aromatic carbocycles. The third-order valence-corrected chi connectivity index (χ3v) is 16.7. The summed E-state index contributed by atoms with van der Waals surface area (Å²) in [7, 11) is -9.78. The van der Waals surface area contributed by atoms with Crippen molar-refractivity contribution in [2.45, 2.75) is 309 Å². The number of hydrogen-bond donors (Lipinski definition) is 4. The molecule has 526 valence electrons. The van der Waals surface area contributed by atoms with Gasteiger partial charge in [-0.2, -0.15) is 0 Å². The molecule has 16 nitrogen and oxygen atoms in total. The third-order valence-electron chi connectivity index (χ3n) is 14.8. The molecule has 0 radical (unpaired) electrons. The fraction of sp³-hybridized carbons (Fsp3) is 0.740. The lowest BCUT2D eigenvalue weighted by atomic mass is 10.1. The zero-order valence-corrected chi connectivity index (χ0v) is 58.8. The Hall–Kier alpha value is -3.53. The quantitative estimate of drug-likeness (QED) is 0.0146. The van der Waals surface area contributed by atoms with Crippen LogP contribution in [0.1, 0.15) is 290 Å². The van der Waals surface area contributed by atoms with E-state index in [1.807, 2.05) is 0 Å². The van der Waals surface area contributed by atoms with E-state index in [0.717, 1.165) is 148 Å². The first-order chi connectivity index (χ1) is 44.2. The summed E-state index contributed by atoms with van der Waals surface area (Å²) in [5.41, 5.74) is 0. The summed E-state index contributed by atoms with van der Waals surface area (Å²) in [4.78, 5) is 58.4. The van der Waals surface area contributed by atoms with Crippen LogP contribution in [-0.2, 0) is 55.8 Å². The van der Waals surface area contributed by atoms with Crippen LogP contribution in [-0.4, -0.2) is 95.9 Å². The van der Waals surface area contributed by atoms with Gasteiger partial charge in [0, 0.05) is 19.3 Å². The number of hydrogen-bond acceptors (Lipinski definition) is 14. The summed E-state index contributed by atoms with van der Waals surface area (Å²) in [6.07, 6.45) is 73.2. The van der Waals surface area contributed by atoms with Crippen LogP contribution in [0.5, 0.6) is 0 Å². The second-order valence-electron chi connectivity index (χ2n) is 23.6. The monoisotopic (exact) mass is 1320 g/mol. The van der Waals surface area contributed by atoms with Gasteiger partial charge < -0.3 is 34.2 Å².